The smallest absolute Gasteiger partial charge is 0.194 e. The van der Waals surface area contributed by atoms with Crippen molar-refractivity contribution < 1.29 is 0 Å². The van der Waals surface area contributed by atoms with Gasteiger partial charge in [-0.3, -0.25) is 9.38 Å². The summed E-state index contributed by atoms with van der Waals surface area (Å²) in [5, 5.41) is 6.96. The Bertz CT molecular complexity index is 853. The Kier molecular flexibility index (Phi) is 2.57. The summed E-state index contributed by atoms with van der Waals surface area (Å²) in [7, 11) is 0. The summed E-state index contributed by atoms with van der Waals surface area (Å²) in [5.41, 5.74) is 1.84. The summed E-state index contributed by atoms with van der Waals surface area (Å²) in [4.78, 5) is 15.7. The fraction of sp³-hybridized carbons (Fsp3) is 0.400. The lowest BCUT2D eigenvalue weighted by atomic mass is 9.69. The van der Waals surface area contributed by atoms with Crippen LogP contribution >= 0.6 is 11.3 Å². The predicted octanol–water partition coefficient (Wildman–Crippen LogP) is 1.93. The monoisotopic (exact) mass is 312 g/mol. The Balaban J connectivity index is 1.46. The molecule has 112 valence electrons. The molecule has 3 unspecified atom stereocenters. The van der Waals surface area contributed by atoms with Gasteiger partial charge in [0.05, 0.1) is 24.3 Å². The number of nitrogens with zero attached hydrogens (tertiary/aromatic N) is 4. The number of imidazole rings is 1. The molecule has 0 radical (unpaired) electrons. The second-order valence-corrected chi connectivity index (χ2v) is 7.32. The van der Waals surface area contributed by atoms with E-state index in [0.29, 0.717) is 12.1 Å². The highest BCUT2D eigenvalue weighted by Gasteiger charge is 2.47. The van der Waals surface area contributed by atoms with Crippen LogP contribution in [0.3, 0.4) is 0 Å². The van der Waals surface area contributed by atoms with E-state index in [9.17, 15) is 0 Å². The first-order chi connectivity index (χ1) is 10.8. The van der Waals surface area contributed by atoms with Crippen LogP contribution in [0.4, 0.5) is 5.82 Å². The van der Waals surface area contributed by atoms with Gasteiger partial charge in [0.15, 0.2) is 4.96 Å². The third kappa shape index (κ3) is 1.79. The number of fused-ring (bicyclic) bond motifs is 2. The van der Waals surface area contributed by atoms with Gasteiger partial charge >= 0.3 is 0 Å². The van der Waals surface area contributed by atoms with Crippen LogP contribution in [-0.4, -0.2) is 38.0 Å². The lowest BCUT2D eigenvalue weighted by Crippen LogP contribution is -2.70. The third-order valence-electron chi connectivity index (χ3n) is 4.67. The van der Waals surface area contributed by atoms with Gasteiger partial charge < -0.3 is 10.6 Å². The number of anilines is 1. The molecule has 1 aliphatic carbocycles. The van der Waals surface area contributed by atoms with E-state index in [-0.39, 0.29) is 0 Å². The summed E-state index contributed by atoms with van der Waals surface area (Å²) in [6, 6.07) is 1.10. The molecular formula is C15H16N6S. The van der Waals surface area contributed by atoms with Crippen molar-refractivity contribution >= 4 is 22.1 Å². The molecule has 1 saturated carbocycles. The Morgan fingerprint density at radius 3 is 3.09 bits per heavy atom. The van der Waals surface area contributed by atoms with Crippen LogP contribution in [0.1, 0.15) is 11.3 Å². The Morgan fingerprint density at radius 2 is 2.32 bits per heavy atom. The molecule has 3 aromatic rings. The normalized spacial score (nSPS) is 26.3. The van der Waals surface area contributed by atoms with Crippen LogP contribution in [0.15, 0.2) is 24.8 Å². The quantitative estimate of drug-likeness (QED) is 0.773. The van der Waals surface area contributed by atoms with Crippen molar-refractivity contribution in [3.63, 3.8) is 0 Å². The topological polar surface area (TPSA) is 67.1 Å². The van der Waals surface area contributed by atoms with Crippen LogP contribution < -0.4 is 10.6 Å². The second kappa shape index (κ2) is 4.50. The van der Waals surface area contributed by atoms with E-state index >= 15 is 0 Å². The first kappa shape index (κ1) is 12.5. The average molecular weight is 312 g/mol. The van der Waals surface area contributed by atoms with E-state index in [1.807, 2.05) is 6.20 Å². The van der Waals surface area contributed by atoms with Gasteiger partial charge in [-0.1, -0.05) is 0 Å². The molecule has 3 atom stereocenters. The van der Waals surface area contributed by atoms with Crippen molar-refractivity contribution in [1.82, 2.24) is 24.7 Å². The zero-order valence-electron chi connectivity index (χ0n) is 12.2. The third-order valence-corrected chi connectivity index (χ3v) is 5.58. The van der Waals surface area contributed by atoms with Gasteiger partial charge in [0, 0.05) is 23.2 Å². The van der Waals surface area contributed by atoms with Crippen LogP contribution in [0.5, 0.6) is 0 Å². The molecule has 22 heavy (non-hydrogen) atoms. The number of hydrogen-bond acceptors (Lipinski definition) is 6. The molecule has 2 aliphatic rings. The molecule has 1 aliphatic heterocycles. The Hall–Kier alpha value is -1.99. The van der Waals surface area contributed by atoms with Gasteiger partial charge in [-0.25, -0.2) is 9.97 Å². The first-order valence-corrected chi connectivity index (χ1v) is 8.35. The molecule has 5 rings (SSSR count). The largest absolute Gasteiger partial charge is 0.364 e. The van der Waals surface area contributed by atoms with Crippen molar-refractivity contribution in [3.8, 4) is 11.4 Å². The summed E-state index contributed by atoms with van der Waals surface area (Å²) in [5.74, 6) is 1.70. The number of rotatable bonds is 3. The maximum absolute atomic E-state index is 4.72. The first-order valence-electron chi connectivity index (χ1n) is 7.54. The zero-order valence-corrected chi connectivity index (χ0v) is 13.0. The van der Waals surface area contributed by atoms with E-state index in [1.165, 1.54) is 17.8 Å². The van der Waals surface area contributed by atoms with E-state index < -0.39 is 0 Å². The molecule has 7 heteroatoms. The fourth-order valence-corrected chi connectivity index (χ4v) is 4.18. The molecule has 6 nitrogen and oxygen atoms in total. The standard InChI is InChI=1S/C15H16N6S/c1-8-7-21-12(5-18-15(21)22-8)11-4-16-6-13(20-11)19-10-2-9-3-17-14(9)10/h4-7,9-10,14,17H,2-3H2,1H3,(H,19,20). The number of piperidine rings is 1. The van der Waals surface area contributed by atoms with Crippen molar-refractivity contribution in [3.05, 3.63) is 29.7 Å². The molecule has 2 N–H and O–H groups in total. The van der Waals surface area contributed by atoms with Crippen molar-refractivity contribution in [2.24, 2.45) is 5.92 Å². The number of thiazole rings is 1. The molecule has 2 fully saturated rings. The lowest BCUT2D eigenvalue weighted by Gasteiger charge is -2.53. The molecule has 3 aromatic heterocycles. The number of hydrogen-bond donors (Lipinski definition) is 2. The maximum atomic E-state index is 4.72. The number of nitrogens with one attached hydrogen (secondary N) is 2. The summed E-state index contributed by atoms with van der Waals surface area (Å²) in [6.45, 7) is 3.26. The minimum atomic E-state index is 0.483. The minimum absolute atomic E-state index is 0.483. The highest BCUT2D eigenvalue weighted by molar-refractivity contribution is 7.17. The second-order valence-electron chi connectivity index (χ2n) is 6.11. The highest BCUT2D eigenvalue weighted by atomic mass is 32.1. The van der Waals surface area contributed by atoms with Crippen LogP contribution in [0, 0.1) is 12.8 Å². The van der Waals surface area contributed by atoms with Gasteiger partial charge in [-0.2, -0.15) is 0 Å². The molecule has 1 saturated heterocycles. The van der Waals surface area contributed by atoms with Crippen LogP contribution in [-0.2, 0) is 0 Å². The minimum Gasteiger partial charge on any atom is -0.364 e. The highest BCUT2D eigenvalue weighted by Crippen LogP contribution is 2.36. The molecule has 4 heterocycles. The average Bonchev–Trinajstić information content (AvgIpc) is 3.03. The SMILES string of the molecule is Cc1cn2c(-c3cncc(NC4CC5CNC54)n3)cnc2s1. The lowest BCUT2D eigenvalue weighted by molar-refractivity contribution is 0.0910. The summed E-state index contributed by atoms with van der Waals surface area (Å²) in [6.07, 6.45) is 8.79. The number of aryl methyl sites for hydroxylation is 1. The van der Waals surface area contributed by atoms with E-state index in [2.05, 4.69) is 38.1 Å². The van der Waals surface area contributed by atoms with Gasteiger partial charge in [-0.05, 0) is 25.8 Å². The van der Waals surface area contributed by atoms with Crippen molar-refractivity contribution in [1.29, 1.82) is 0 Å². The molecule has 0 bridgehead atoms. The summed E-state index contributed by atoms with van der Waals surface area (Å²) < 4.78 is 2.08. The van der Waals surface area contributed by atoms with Crippen molar-refractivity contribution in [2.75, 3.05) is 11.9 Å². The van der Waals surface area contributed by atoms with Gasteiger partial charge in [-0.15, -0.1) is 11.3 Å². The predicted molar refractivity (Wildman–Crippen MR) is 86.1 cm³/mol. The van der Waals surface area contributed by atoms with Crippen LogP contribution in [0.2, 0.25) is 0 Å². The number of aromatic nitrogens is 4. The fourth-order valence-electron chi connectivity index (χ4n) is 3.38. The molecule has 0 amide bonds. The van der Waals surface area contributed by atoms with E-state index in [4.69, 9.17) is 4.98 Å². The molecular weight excluding hydrogens is 296 g/mol. The molecule has 0 aromatic carbocycles. The van der Waals surface area contributed by atoms with Gasteiger partial charge in [0.25, 0.3) is 0 Å². The van der Waals surface area contributed by atoms with Crippen LogP contribution in [0.25, 0.3) is 16.3 Å². The van der Waals surface area contributed by atoms with Crippen molar-refractivity contribution in [2.45, 2.75) is 25.4 Å². The van der Waals surface area contributed by atoms with Gasteiger partial charge in [0.2, 0.25) is 0 Å². The maximum Gasteiger partial charge on any atom is 0.194 e. The van der Waals surface area contributed by atoms with E-state index in [1.54, 1.807) is 23.7 Å². The Morgan fingerprint density at radius 1 is 1.36 bits per heavy atom. The van der Waals surface area contributed by atoms with Gasteiger partial charge in [0.1, 0.15) is 11.5 Å². The Labute approximate surface area is 131 Å². The zero-order chi connectivity index (χ0) is 14.7. The molecule has 0 spiro atoms. The summed E-state index contributed by atoms with van der Waals surface area (Å²) >= 11 is 1.68. The van der Waals surface area contributed by atoms with E-state index in [0.717, 1.165) is 28.1 Å².